The minimum atomic E-state index is 0.543. The fraction of sp³-hybridized carbons (Fsp3) is 0.500. The van der Waals surface area contributed by atoms with Gasteiger partial charge in [-0.15, -0.1) is 0 Å². The fourth-order valence-corrected chi connectivity index (χ4v) is 2.94. The minimum Gasteiger partial charge on any atom is -0.461 e. The number of hydrogen-bond acceptors (Lipinski definition) is 3. The highest BCUT2D eigenvalue weighted by Crippen LogP contribution is 2.26. The number of piperazine rings is 1. The molecule has 1 N–H and O–H groups in total. The van der Waals surface area contributed by atoms with Gasteiger partial charge in [0.2, 0.25) is 0 Å². The average Bonchev–Trinajstić information content (AvgIpc) is 2.77. The van der Waals surface area contributed by atoms with Crippen LogP contribution in [0.4, 0.5) is 0 Å². The van der Waals surface area contributed by atoms with Gasteiger partial charge in [0.1, 0.15) is 11.3 Å². The molecule has 1 saturated heterocycles. The number of rotatable bonds is 3. The number of furan rings is 1. The first-order chi connectivity index (χ1) is 9.25. The Balaban J connectivity index is 1.78. The van der Waals surface area contributed by atoms with E-state index in [0.717, 1.165) is 43.9 Å². The molecule has 1 aromatic heterocycles. The van der Waals surface area contributed by atoms with Gasteiger partial charge >= 0.3 is 0 Å². The molecule has 2 aromatic rings. The molecule has 1 fully saturated rings. The van der Waals surface area contributed by atoms with Gasteiger partial charge in [0, 0.05) is 44.0 Å². The molecular formula is C16H22N2O. The molecule has 0 aliphatic carbocycles. The lowest BCUT2D eigenvalue weighted by Gasteiger charge is -2.32. The molecule has 1 aliphatic heterocycles. The van der Waals surface area contributed by atoms with Crippen LogP contribution in [0.5, 0.6) is 0 Å². The van der Waals surface area contributed by atoms with Crippen LogP contribution in [-0.4, -0.2) is 37.1 Å². The Morgan fingerprint density at radius 2 is 2.00 bits per heavy atom. The molecule has 0 bridgehead atoms. The summed E-state index contributed by atoms with van der Waals surface area (Å²) in [5.41, 5.74) is 2.32. The molecule has 2 heterocycles. The van der Waals surface area contributed by atoms with Gasteiger partial charge in [-0.2, -0.15) is 0 Å². The molecular weight excluding hydrogens is 236 g/mol. The van der Waals surface area contributed by atoms with E-state index in [-0.39, 0.29) is 0 Å². The molecule has 0 spiro atoms. The third kappa shape index (κ3) is 2.53. The number of benzene rings is 1. The van der Waals surface area contributed by atoms with Gasteiger partial charge in [0.05, 0.1) is 0 Å². The highest BCUT2D eigenvalue weighted by Gasteiger charge is 2.19. The summed E-state index contributed by atoms with van der Waals surface area (Å²) in [4.78, 5) is 2.54. The van der Waals surface area contributed by atoms with Gasteiger partial charge in [0.15, 0.2) is 0 Å². The van der Waals surface area contributed by atoms with Crippen molar-refractivity contribution >= 4 is 11.0 Å². The number of fused-ring (bicyclic) bond motifs is 1. The Morgan fingerprint density at radius 3 is 2.74 bits per heavy atom. The Labute approximate surface area is 114 Å². The summed E-state index contributed by atoms with van der Waals surface area (Å²) in [5, 5.41) is 4.66. The van der Waals surface area contributed by atoms with E-state index in [1.54, 1.807) is 0 Å². The highest BCUT2D eigenvalue weighted by molar-refractivity contribution is 5.81. The monoisotopic (exact) mass is 258 g/mol. The first-order valence-electron chi connectivity index (χ1n) is 7.17. The zero-order valence-electron chi connectivity index (χ0n) is 11.8. The van der Waals surface area contributed by atoms with Crippen LogP contribution in [0.25, 0.3) is 11.0 Å². The zero-order chi connectivity index (χ0) is 13.2. The van der Waals surface area contributed by atoms with Crippen molar-refractivity contribution < 1.29 is 4.42 Å². The molecule has 0 amide bonds. The molecule has 3 rings (SSSR count). The highest BCUT2D eigenvalue weighted by atomic mass is 16.3. The van der Waals surface area contributed by atoms with E-state index < -0.39 is 0 Å². The van der Waals surface area contributed by atoms with Crippen molar-refractivity contribution in [2.75, 3.05) is 26.2 Å². The van der Waals surface area contributed by atoms with Crippen molar-refractivity contribution in [2.24, 2.45) is 0 Å². The van der Waals surface area contributed by atoms with Gasteiger partial charge in [-0.3, -0.25) is 4.90 Å². The first kappa shape index (κ1) is 12.7. The molecule has 1 atom stereocenters. The number of nitrogens with zero attached hydrogens (tertiary/aromatic N) is 1. The molecule has 102 valence electrons. The van der Waals surface area contributed by atoms with E-state index in [1.807, 2.05) is 6.07 Å². The van der Waals surface area contributed by atoms with Gasteiger partial charge in [-0.05, 0) is 25.5 Å². The van der Waals surface area contributed by atoms with Crippen molar-refractivity contribution in [2.45, 2.75) is 26.3 Å². The van der Waals surface area contributed by atoms with Gasteiger partial charge < -0.3 is 9.73 Å². The quantitative estimate of drug-likeness (QED) is 0.917. The van der Waals surface area contributed by atoms with Crippen molar-refractivity contribution in [3.8, 4) is 0 Å². The van der Waals surface area contributed by atoms with Gasteiger partial charge in [-0.25, -0.2) is 0 Å². The Kier molecular flexibility index (Phi) is 3.58. The SMILES string of the molecule is Cc1c(CC(C)N2CCNCC2)oc2ccccc12. The molecule has 1 aromatic carbocycles. The summed E-state index contributed by atoms with van der Waals surface area (Å²) in [7, 11) is 0. The van der Waals surface area contributed by atoms with Gasteiger partial charge in [-0.1, -0.05) is 18.2 Å². The summed E-state index contributed by atoms with van der Waals surface area (Å²) in [6.45, 7) is 8.96. The average molecular weight is 258 g/mol. The molecule has 3 heteroatoms. The third-order valence-electron chi connectivity index (χ3n) is 4.20. The van der Waals surface area contributed by atoms with Crippen LogP contribution >= 0.6 is 0 Å². The minimum absolute atomic E-state index is 0.543. The summed E-state index contributed by atoms with van der Waals surface area (Å²) in [6, 6.07) is 8.86. The van der Waals surface area contributed by atoms with Crippen LogP contribution in [0.15, 0.2) is 28.7 Å². The zero-order valence-corrected chi connectivity index (χ0v) is 11.8. The molecule has 3 nitrogen and oxygen atoms in total. The molecule has 0 radical (unpaired) electrons. The van der Waals surface area contributed by atoms with Crippen molar-refractivity contribution in [3.05, 3.63) is 35.6 Å². The normalized spacial score (nSPS) is 18.8. The maximum Gasteiger partial charge on any atom is 0.134 e. The maximum absolute atomic E-state index is 6.02. The van der Waals surface area contributed by atoms with Crippen LogP contribution in [-0.2, 0) is 6.42 Å². The smallest absolute Gasteiger partial charge is 0.134 e. The topological polar surface area (TPSA) is 28.4 Å². The van der Waals surface area contributed by atoms with Crippen molar-refractivity contribution in [1.29, 1.82) is 0 Å². The number of hydrogen-bond donors (Lipinski definition) is 1. The Hall–Kier alpha value is -1.32. The molecule has 0 saturated carbocycles. The second-order valence-corrected chi connectivity index (χ2v) is 5.49. The molecule has 19 heavy (non-hydrogen) atoms. The van der Waals surface area contributed by atoms with Crippen LogP contribution in [0, 0.1) is 6.92 Å². The summed E-state index contributed by atoms with van der Waals surface area (Å²) < 4.78 is 6.02. The van der Waals surface area contributed by atoms with Crippen LogP contribution in [0.2, 0.25) is 0 Å². The van der Waals surface area contributed by atoms with E-state index >= 15 is 0 Å². The lowest BCUT2D eigenvalue weighted by atomic mass is 10.1. The van der Waals surface area contributed by atoms with Crippen molar-refractivity contribution in [3.63, 3.8) is 0 Å². The summed E-state index contributed by atoms with van der Waals surface area (Å²) in [5.74, 6) is 1.15. The summed E-state index contributed by atoms with van der Waals surface area (Å²) in [6.07, 6.45) is 1.00. The summed E-state index contributed by atoms with van der Waals surface area (Å²) >= 11 is 0. The second-order valence-electron chi connectivity index (χ2n) is 5.49. The van der Waals surface area contributed by atoms with E-state index in [4.69, 9.17) is 4.42 Å². The van der Waals surface area contributed by atoms with E-state index in [1.165, 1.54) is 10.9 Å². The van der Waals surface area contributed by atoms with Gasteiger partial charge in [0.25, 0.3) is 0 Å². The van der Waals surface area contributed by atoms with Crippen LogP contribution in [0.3, 0.4) is 0 Å². The molecule has 1 unspecified atom stereocenters. The van der Waals surface area contributed by atoms with E-state index in [0.29, 0.717) is 6.04 Å². The predicted molar refractivity (Wildman–Crippen MR) is 78.6 cm³/mol. The van der Waals surface area contributed by atoms with Crippen molar-refractivity contribution in [1.82, 2.24) is 10.2 Å². The van der Waals surface area contributed by atoms with E-state index in [2.05, 4.69) is 42.3 Å². The number of nitrogens with one attached hydrogen (secondary N) is 1. The van der Waals surface area contributed by atoms with Crippen LogP contribution < -0.4 is 5.32 Å². The van der Waals surface area contributed by atoms with Crippen LogP contribution in [0.1, 0.15) is 18.2 Å². The lowest BCUT2D eigenvalue weighted by Crippen LogP contribution is -2.48. The standard InChI is InChI=1S/C16H22N2O/c1-12(18-9-7-17-8-10-18)11-16-13(2)14-5-3-4-6-15(14)19-16/h3-6,12,17H,7-11H2,1-2H3. The number of aryl methyl sites for hydroxylation is 1. The Bertz CT molecular complexity index is 555. The van der Waals surface area contributed by atoms with E-state index in [9.17, 15) is 0 Å². The Morgan fingerprint density at radius 1 is 1.26 bits per heavy atom. The molecule has 1 aliphatic rings. The second kappa shape index (κ2) is 5.35. The maximum atomic E-state index is 6.02. The largest absolute Gasteiger partial charge is 0.461 e. The number of para-hydroxylation sites is 1. The third-order valence-corrected chi connectivity index (χ3v) is 4.20. The lowest BCUT2D eigenvalue weighted by molar-refractivity contribution is 0.178. The fourth-order valence-electron chi connectivity index (χ4n) is 2.94. The first-order valence-corrected chi connectivity index (χ1v) is 7.17. The predicted octanol–water partition coefficient (Wildman–Crippen LogP) is 2.58.